The number of hydrogen-bond donors (Lipinski definition) is 0. The second kappa shape index (κ2) is 13.5. The van der Waals surface area contributed by atoms with Gasteiger partial charge in [0, 0.05) is 24.0 Å². The van der Waals surface area contributed by atoms with E-state index in [1.807, 2.05) is 0 Å². The molecule has 1 aliphatic rings. The standard InChI is InChI=1S/C21H21F6NO10S/c1-3-12-8-14(38-21(25,26)27)9-13-10-15(17(20(22,23)24)37-16(12)13)18(29)35-11(2)36-19(30)33-4-6-39-7-5-34-28(31)32/h8-11,17H,3-7H2,1-2H3/t11?,17-/m0/s1. The fourth-order valence-corrected chi connectivity index (χ4v) is 3.69. The fourth-order valence-electron chi connectivity index (χ4n) is 3.09. The Morgan fingerprint density at radius 2 is 1.79 bits per heavy atom. The van der Waals surface area contributed by atoms with Crippen molar-refractivity contribution in [1.82, 2.24) is 0 Å². The van der Waals surface area contributed by atoms with Crippen molar-refractivity contribution in [1.29, 1.82) is 0 Å². The van der Waals surface area contributed by atoms with Crippen LogP contribution in [0.25, 0.3) is 6.08 Å². The van der Waals surface area contributed by atoms with Crippen LogP contribution in [0.4, 0.5) is 31.1 Å². The van der Waals surface area contributed by atoms with Crippen molar-refractivity contribution >= 4 is 30.0 Å². The highest BCUT2D eigenvalue weighted by Crippen LogP contribution is 2.42. The lowest BCUT2D eigenvalue weighted by atomic mass is 9.97. The molecule has 11 nitrogen and oxygen atoms in total. The molecule has 1 heterocycles. The van der Waals surface area contributed by atoms with Crippen molar-refractivity contribution in [2.75, 3.05) is 24.7 Å². The van der Waals surface area contributed by atoms with Crippen LogP contribution in [-0.2, 0) is 30.3 Å². The fraction of sp³-hybridized carbons (Fsp3) is 0.524. The molecule has 39 heavy (non-hydrogen) atoms. The van der Waals surface area contributed by atoms with E-state index in [0.29, 0.717) is 6.08 Å². The number of carbonyl (C=O) groups excluding carboxylic acids is 2. The third-order valence-corrected chi connectivity index (χ3v) is 5.46. The van der Waals surface area contributed by atoms with Crippen molar-refractivity contribution in [3.8, 4) is 11.5 Å². The van der Waals surface area contributed by atoms with E-state index in [1.165, 1.54) is 6.92 Å². The minimum atomic E-state index is -5.12. The zero-order valence-electron chi connectivity index (χ0n) is 20.1. The first-order chi connectivity index (χ1) is 18.1. The highest BCUT2D eigenvalue weighted by molar-refractivity contribution is 7.99. The van der Waals surface area contributed by atoms with E-state index in [4.69, 9.17) is 14.2 Å². The summed E-state index contributed by atoms with van der Waals surface area (Å²) in [5.74, 6) is -2.33. The van der Waals surface area contributed by atoms with Gasteiger partial charge < -0.3 is 28.5 Å². The number of aryl methyl sites for hydroxylation is 1. The number of hydrogen-bond acceptors (Lipinski definition) is 11. The molecule has 0 saturated carbocycles. The Labute approximate surface area is 220 Å². The summed E-state index contributed by atoms with van der Waals surface area (Å²) >= 11 is 1.14. The lowest BCUT2D eigenvalue weighted by Crippen LogP contribution is -2.41. The number of ether oxygens (including phenoxy) is 5. The summed E-state index contributed by atoms with van der Waals surface area (Å²) in [5.41, 5.74) is -1.44. The van der Waals surface area contributed by atoms with Crippen LogP contribution in [0.2, 0.25) is 0 Å². The van der Waals surface area contributed by atoms with Crippen LogP contribution in [0.3, 0.4) is 0 Å². The smallest absolute Gasteiger partial charge is 0.475 e. The Hall–Kier alpha value is -3.57. The van der Waals surface area contributed by atoms with Crippen LogP contribution >= 0.6 is 11.8 Å². The number of benzene rings is 1. The van der Waals surface area contributed by atoms with Gasteiger partial charge in [0.2, 0.25) is 12.4 Å². The zero-order chi connectivity index (χ0) is 29.4. The third-order valence-electron chi connectivity index (χ3n) is 4.55. The monoisotopic (exact) mass is 593 g/mol. The van der Waals surface area contributed by atoms with Crippen LogP contribution in [0, 0.1) is 10.1 Å². The summed E-state index contributed by atoms with van der Waals surface area (Å²) < 4.78 is 102. The molecule has 1 aliphatic heterocycles. The average molecular weight is 593 g/mol. The summed E-state index contributed by atoms with van der Waals surface area (Å²) in [7, 11) is 0. The van der Waals surface area contributed by atoms with Crippen LogP contribution < -0.4 is 9.47 Å². The Balaban J connectivity index is 2.08. The summed E-state index contributed by atoms with van der Waals surface area (Å²) in [5, 5.41) is 9.04. The number of esters is 1. The molecule has 1 aromatic carbocycles. The maximum Gasteiger partial charge on any atom is 0.573 e. The Bertz CT molecular complexity index is 1080. The molecule has 218 valence electrons. The SMILES string of the molecule is CCc1cc(OC(F)(F)F)cc2c1O[C@H](C(F)(F)F)C(C(=O)OC(C)OC(=O)OCCSCCO[N+](=O)[O-])=C2. The van der Waals surface area contributed by atoms with E-state index < -0.39 is 53.5 Å². The highest BCUT2D eigenvalue weighted by Gasteiger charge is 2.49. The number of halogens is 6. The maximum absolute atomic E-state index is 13.7. The largest absolute Gasteiger partial charge is 0.573 e. The van der Waals surface area contributed by atoms with Gasteiger partial charge in [-0.2, -0.15) is 24.9 Å². The van der Waals surface area contributed by atoms with Gasteiger partial charge in [-0.15, -0.1) is 23.3 Å². The summed E-state index contributed by atoms with van der Waals surface area (Å²) in [6.45, 7) is 2.08. The topological polar surface area (TPSA) is 133 Å². The first-order valence-electron chi connectivity index (χ1n) is 10.9. The number of nitrogens with zero attached hydrogens (tertiary/aromatic N) is 1. The maximum atomic E-state index is 13.7. The molecular formula is C21H21F6NO10S. The van der Waals surface area contributed by atoms with E-state index in [0.717, 1.165) is 30.8 Å². The Kier molecular flexibility index (Phi) is 10.9. The van der Waals surface area contributed by atoms with Gasteiger partial charge in [-0.1, -0.05) is 6.92 Å². The van der Waals surface area contributed by atoms with Crippen LogP contribution in [0.1, 0.15) is 25.0 Å². The second-order valence-corrected chi connectivity index (χ2v) is 8.62. The lowest BCUT2D eigenvalue weighted by molar-refractivity contribution is -0.756. The second-order valence-electron chi connectivity index (χ2n) is 7.40. The minimum absolute atomic E-state index is 0.0201. The highest BCUT2D eigenvalue weighted by atomic mass is 32.2. The molecule has 0 aliphatic carbocycles. The quantitative estimate of drug-likeness (QED) is 0.0824. The van der Waals surface area contributed by atoms with Gasteiger partial charge in [-0.25, -0.2) is 9.59 Å². The number of thioether (sulfide) groups is 1. The third kappa shape index (κ3) is 10.3. The van der Waals surface area contributed by atoms with Crippen molar-refractivity contribution < 1.29 is 69.5 Å². The summed E-state index contributed by atoms with van der Waals surface area (Å²) in [6, 6.07) is 1.62. The molecule has 2 atom stereocenters. The van der Waals surface area contributed by atoms with E-state index in [2.05, 4.69) is 14.3 Å². The molecule has 0 bridgehead atoms. The van der Waals surface area contributed by atoms with Gasteiger partial charge in [0.15, 0.2) is 0 Å². The molecule has 1 aromatic rings. The molecule has 0 aromatic heterocycles. The molecule has 2 rings (SSSR count). The molecular weight excluding hydrogens is 572 g/mol. The van der Waals surface area contributed by atoms with Crippen molar-refractivity contribution in [3.63, 3.8) is 0 Å². The Morgan fingerprint density at radius 1 is 1.13 bits per heavy atom. The molecule has 0 saturated heterocycles. The number of alkyl halides is 6. The van der Waals surface area contributed by atoms with Gasteiger partial charge in [-0.3, -0.25) is 0 Å². The average Bonchev–Trinajstić information content (AvgIpc) is 2.80. The molecule has 0 amide bonds. The molecule has 18 heteroatoms. The molecule has 0 spiro atoms. The van der Waals surface area contributed by atoms with Gasteiger partial charge in [0.1, 0.15) is 24.7 Å². The zero-order valence-corrected chi connectivity index (χ0v) is 20.9. The van der Waals surface area contributed by atoms with Gasteiger partial charge in [0.25, 0.3) is 5.09 Å². The van der Waals surface area contributed by atoms with Gasteiger partial charge >= 0.3 is 24.7 Å². The van der Waals surface area contributed by atoms with E-state index >= 15 is 0 Å². The van der Waals surface area contributed by atoms with E-state index in [9.17, 15) is 46.0 Å². The van der Waals surface area contributed by atoms with Crippen molar-refractivity contribution in [2.24, 2.45) is 0 Å². The minimum Gasteiger partial charge on any atom is -0.475 e. The summed E-state index contributed by atoms with van der Waals surface area (Å²) in [6.07, 6.45) is -15.5. The molecule has 1 unspecified atom stereocenters. The first kappa shape index (κ1) is 31.6. The summed E-state index contributed by atoms with van der Waals surface area (Å²) in [4.78, 5) is 38.4. The van der Waals surface area contributed by atoms with Gasteiger partial charge in [0.05, 0.1) is 5.57 Å². The van der Waals surface area contributed by atoms with Gasteiger partial charge in [-0.05, 0) is 30.2 Å². The predicted octanol–water partition coefficient (Wildman–Crippen LogP) is 4.84. The number of rotatable bonds is 12. The lowest BCUT2D eigenvalue weighted by Gasteiger charge is -2.30. The van der Waals surface area contributed by atoms with Crippen LogP contribution in [0.15, 0.2) is 17.7 Å². The molecule has 0 N–H and O–H groups in total. The van der Waals surface area contributed by atoms with Crippen molar-refractivity contribution in [3.05, 3.63) is 38.9 Å². The molecule has 0 radical (unpaired) electrons. The normalized spacial score (nSPS) is 15.7. The van der Waals surface area contributed by atoms with E-state index in [-0.39, 0.29) is 48.0 Å². The number of fused-ring (bicyclic) bond motifs is 1. The molecule has 0 fully saturated rings. The Morgan fingerprint density at radius 3 is 2.38 bits per heavy atom. The van der Waals surface area contributed by atoms with Crippen molar-refractivity contribution in [2.45, 2.75) is 45.2 Å². The first-order valence-corrected chi connectivity index (χ1v) is 12.0. The number of carbonyl (C=O) groups is 2. The van der Waals surface area contributed by atoms with E-state index in [1.54, 1.807) is 0 Å². The predicted molar refractivity (Wildman–Crippen MR) is 119 cm³/mol. The van der Waals surface area contributed by atoms with Crippen LogP contribution in [-0.4, -0.2) is 66.9 Å². The van der Waals surface area contributed by atoms with Crippen LogP contribution in [0.5, 0.6) is 11.5 Å².